The van der Waals surface area contributed by atoms with Gasteiger partial charge in [0.05, 0.1) is 12.1 Å². The van der Waals surface area contributed by atoms with Crippen molar-refractivity contribution in [2.75, 3.05) is 12.4 Å². The molecule has 0 aliphatic heterocycles. The number of halogens is 1. The van der Waals surface area contributed by atoms with Crippen LogP contribution in [-0.2, 0) is 6.54 Å². The topological polar surface area (TPSA) is 69.6 Å². The monoisotopic (exact) mass is 374 g/mol. The lowest BCUT2D eigenvalue weighted by atomic mass is 10.3. The molecular formula is C12H11BrN2O3S2. The Kier molecular flexibility index (Phi) is 4.79. The number of nitrogens with zero attached hydrogens (tertiary/aromatic N) is 1. The van der Waals surface area contributed by atoms with Gasteiger partial charge in [-0.3, -0.25) is 5.32 Å². The van der Waals surface area contributed by atoms with Crippen LogP contribution in [0.5, 0.6) is 0 Å². The average Bonchev–Trinajstić information content (AvgIpc) is 2.98. The molecule has 2 rings (SSSR count). The fraction of sp³-hybridized carbons (Fsp3) is 0.167. The summed E-state index contributed by atoms with van der Waals surface area (Å²) in [7, 11) is 1.66. The summed E-state index contributed by atoms with van der Waals surface area (Å²) in [6.07, 6.45) is 0. The van der Waals surface area contributed by atoms with Crippen LogP contribution in [0.15, 0.2) is 27.4 Å². The lowest BCUT2D eigenvalue weighted by Gasteiger charge is -2.16. The average molecular weight is 375 g/mol. The van der Waals surface area contributed by atoms with Crippen LogP contribution in [0.4, 0.5) is 9.80 Å². The maximum Gasteiger partial charge on any atom is 0.338 e. The zero-order valence-corrected chi connectivity index (χ0v) is 13.6. The summed E-state index contributed by atoms with van der Waals surface area (Å²) in [5.41, 5.74) is 0.107. The van der Waals surface area contributed by atoms with Gasteiger partial charge in [0.2, 0.25) is 0 Å². The third kappa shape index (κ3) is 3.59. The zero-order valence-electron chi connectivity index (χ0n) is 10.4. The van der Waals surface area contributed by atoms with Gasteiger partial charge in [-0.2, -0.15) is 0 Å². The van der Waals surface area contributed by atoms with Crippen molar-refractivity contribution in [2.45, 2.75) is 6.54 Å². The van der Waals surface area contributed by atoms with E-state index in [4.69, 9.17) is 5.11 Å². The van der Waals surface area contributed by atoms with Crippen molar-refractivity contribution in [1.29, 1.82) is 0 Å². The van der Waals surface area contributed by atoms with Crippen molar-refractivity contribution >= 4 is 55.6 Å². The second-order valence-electron chi connectivity index (χ2n) is 3.99. The highest BCUT2D eigenvalue weighted by Gasteiger charge is 2.16. The Balaban J connectivity index is 2.00. The predicted molar refractivity (Wildman–Crippen MR) is 83.8 cm³/mol. The summed E-state index contributed by atoms with van der Waals surface area (Å²) >= 11 is 6.10. The summed E-state index contributed by atoms with van der Waals surface area (Å²) in [4.78, 5) is 25.5. The molecule has 2 heterocycles. The third-order valence-electron chi connectivity index (χ3n) is 2.48. The maximum absolute atomic E-state index is 12.0. The molecule has 0 bridgehead atoms. The van der Waals surface area contributed by atoms with Gasteiger partial charge in [0.25, 0.3) is 0 Å². The van der Waals surface area contributed by atoms with Crippen LogP contribution in [0, 0.1) is 0 Å². The van der Waals surface area contributed by atoms with Gasteiger partial charge in [-0.1, -0.05) is 0 Å². The van der Waals surface area contributed by atoms with Gasteiger partial charge in [-0.05, 0) is 33.4 Å². The fourth-order valence-electron chi connectivity index (χ4n) is 1.51. The highest BCUT2D eigenvalue weighted by atomic mass is 79.9. The molecular weight excluding hydrogens is 364 g/mol. The van der Waals surface area contributed by atoms with E-state index in [0.717, 1.165) is 9.35 Å². The van der Waals surface area contributed by atoms with E-state index in [-0.39, 0.29) is 11.6 Å². The van der Waals surface area contributed by atoms with Crippen molar-refractivity contribution in [3.05, 3.63) is 37.8 Å². The van der Waals surface area contributed by atoms with Crippen LogP contribution in [-0.4, -0.2) is 29.1 Å². The normalized spacial score (nSPS) is 10.3. The molecule has 2 amide bonds. The Hall–Kier alpha value is -1.38. The van der Waals surface area contributed by atoms with E-state index >= 15 is 0 Å². The molecule has 2 N–H and O–H groups in total. The highest BCUT2D eigenvalue weighted by molar-refractivity contribution is 9.10. The van der Waals surface area contributed by atoms with E-state index in [0.29, 0.717) is 11.5 Å². The Morgan fingerprint density at radius 3 is 2.80 bits per heavy atom. The minimum absolute atomic E-state index is 0.107. The van der Waals surface area contributed by atoms with E-state index in [1.165, 1.54) is 22.3 Å². The molecule has 0 saturated heterocycles. The number of carboxylic acids is 1. The second-order valence-corrected chi connectivity index (χ2v) is 6.81. The number of hydrogen-bond donors (Lipinski definition) is 2. The first-order chi connectivity index (χ1) is 9.47. The second kappa shape index (κ2) is 6.38. The van der Waals surface area contributed by atoms with Gasteiger partial charge >= 0.3 is 12.0 Å². The number of urea groups is 1. The maximum atomic E-state index is 12.0. The molecule has 0 saturated carbocycles. The molecule has 2 aromatic heterocycles. The molecule has 5 nitrogen and oxygen atoms in total. The molecule has 8 heteroatoms. The molecule has 2 aromatic rings. The minimum atomic E-state index is -1.05. The summed E-state index contributed by atoms with van der Waals surface area (Å²) in [6, 6.07) is 3.08. The highest BCUT2D eigenvalue weighted by Crippen LogP contribution is 2.24. The van der Waals surface area contributed by atoms with Gasteiger partial charge < -0.3 is 10.0 Å². The van der Waals surface area contributed by atoms with Gasteiger partial charge in [0.1, 0.15) is 5.00 Å². The van der Waals surface area contributed by atoms with Crippen LogP contribution in [0.3, 0.4) is 0 Å². The number of rotatable bonds is 4. The molecule has 20 heavy (non-hydrogen) atoms. The van der Waals surface area contributed by atoms with Gasteiger partial charge in [-0.25, -0.2) is 9.59 Å². The SMILES string of the molecule is CN(Cc1cc(Br)cs1)C(=O)Nc1sccc1C(=O)O. The first-order valence-electron chi connectivity index (χ1n) is 5.53. The number of amides is 2. The Bertz CT molecular complexity index is 638. The van der Waals surface area contributed by atoms with Crippen LogP contribution >= 0.6 is 38.6 Å². The molecule has 0 radical (unpaired) electrons. The van der Waals surface area contributed by atoms with Crippen molar-refractivity contribution in [3.63, 3.8) is 0 Å². The summed E-state index contributed by atoms with van der Waals surface area (Å²) in [5.74, 6) is -1.05. The summed E-state index contributed by atoms with van der Waals surface area (Å²) in [5, 5.41) is 15.5. The molecule has 106 valence electrons. The minimum Gasteiger partial charge on any atom is -0.478 e. The van der Waals surface area contributed by atoms with Crippen LogP contribution in [0.2, 0.25) is 0 Å². The number of nitrogens with one attached hydrogen (secondary N) is 1. The van der Waals surface area contributed by atoms with Crippen molar-refractivity contribution < 1.29 is 14.7 Å². The molecule has 0 aliphatic carbocycles. The molecule has 0 aliphatic rings. The Morgan fingerprint density at radius 2 is 2.20 bits per heavy atom. The van der Waals surface area contributed by atoms with Crippen molar-refractivity contribution in [2.24, 2.45) is 0 Å². The lowest BCUT2D eigenvalue weighted by molar-refractivity contribution is 0.0698. The number of carboxylic acid groups (broad SMARTS) is 1. The van der Waals surface area contributed by atoms with Crippen LogP contribution in [0.25, 0.3) is 0 Å². The standard InChI is InChI=1S/C12H11BrN2O3S2/c1-15(5-8-4-7(13)6-20-8)12(18)14-10-9(11(16)17)2-3-19-10/h2-4,6H,5H2,1H3,(H,14,18)(H,16,17). The summed E-state index contributed by atoms with van der Waals surface area (Å²) < 4.78 is 0.984. The van der Waals surface area contributed by atoms with E-state index in [1.54, 1.807) is 23.8 Å². The number of aromatic carboxylic acids is 1. The number of anilines is 1. The number of thiophene rings is 2. The van der Waals surface area contributed by atoms with Gasteiger partial charge in [0, 0.05) is 21.8 Å². The predicted octanol–water partition coefficient (Wildman–Crippen LogP) is 3.93. The smallest absolute Gasteiger partial charge is 0.338 e. The van der Waals surface area contributed by atoms with E-state index in [9.17, 15) is 9.59 Å². The summed E-state index contributed by atoms with van der Waals surface area (Å²) in [6.45, 7) is 0.468. The Morgan fingerprint density at radius 1 is 1.45 bits per heavy atom. The molecule has 0 atom stereocenters. The number of hydrogen-bond acceptors (Lipinski definition) is 4. The first-order valence-corrected chi connectivity index (χ1v) is 8.08. The fourth-order valence-corrected chi connectivity index (χ4v) is 3.78. The van der Waals surface area contributed by atoms with E-state index in [1.807, 2.05) is 11.4 Å². The lowest BCUT2D eigenvalue weighted by Crippen LogP contribution is -2.30. The first kappa shape index (κ1) is 15.0. The van der Waals surface area contributed by atoms with Gasteiger partial charge in [0.15, 0.2) is 0 Å². The van der Waals surface area contributed by atoms with Gasteiger partial charge in [-0.15, -0.1) is 22.7 Å². The van der Waals surface area contributed by atoms with Crippen molar-refractivity contribution in [3.8, 4) is 0 Å². The molecule has 0 spiro atoms. The van der Waals surface area contributed by atoms with Crippen molar-refractivity contribution in [1.82, 2.24) is 4.90 Å². The van der Waals surface area contributed by atoms with Crippen LogP contribution in [0.1, 0.15) is 15.2 Å². The molecule has 0 unspecified atom stereocenters. The molecule has 0 aromatic carbocycles. The number of carbonyl (C=O) groups excluding carboxylic acids is 1. The largest absolute Gasteiger partial charge is 0.478 e. The van der Waals surface area contributed by atoms with E-state index in [2.05, 4.69) is 21.2 Å². The third-order valence-corrected chi connectivity index (χ3v) is 4.99. The quantitative estimate of drug-likeness (QED) is 0.851. The Labute approximate surface area is 132 Å². The zero-order chi connectivity index (χ0) is 14.7. The van der Waals surface area contributed by atoms with Crippen LogP contribution < -0.4 is 5.32 Å². The number of carbonyl (C=O) groups is 2. The van der Waals surface area contributed by atoms with E-state index < -0.39 is 5.97 Å². The molecule has 0 fully saturated rings.